The van der Waals surface area contributed by atoms with E-state index in [1.54, 1.807) is 0 Å². The molecule has 0 aromatic heterocycles. The summed E-state index contributed by atoms with van der Waals surface area (Å²) in [4.78, 5) is 50.5. The zero-order valence-electron chi connectivity index (χ0n) is 25.9. The van der Waals surface area contributed by atoms with Gasteiger partial charge in [0.05, 0.1) is 6.10 Å². The van der Waals surface area contributed by atoms with Gasteiger partial charge < -0.3 is 19.7 Å². The Balaban J connectivity index is 1.92. The van der Waals surface area contributed by atoms with E-state index in [0.29, 0.717) is 44.1 Å². The van der Waals surface area contributed by atoms with Crippen LogP contribution in [0.1, 0.15) is 100 Å². The van der Waals surface area contributed by atoms with Gasteiger partial charge >= 0.3 is 17.9 Å². The Morgan fingerprint density at radius 1 is 1.02 bits per heavy atom. The number of fused-ring (bicyclic) bond motifs is 5. The summed E-state index contributed by atoms with van der Waals surface area (Å²) < 4.78 is 11.9. The van der Waals surface area contributed by atoms with E-state index in [2.05, 4.69) is 20.8 Å². The standard InChI is InChI=1S/C33H48O8/c1-17(2)10-9-11-21(30(38)39)26-22-12-13-25-31(6)15-14-23(36)18(3)27(31)28(37)29(41-20(5)35)33(25,8)32(22,7)16-24(26)40-19(4)34/h10,18,22,24-25,27-29,37H,9,11-16H2,1-8H3,(H,38,39)/b26-21-/t18-,22+,24+,25+,27-,28-,29+,31-,32+,33-/m1/s1. The van der Waals surface area contributed by atoms with Crippen molar-refractivity contribution >= 4 is 23.7 Å². The fraction of sp³-hybridized carbons (Fsp3) is 0.758. The summed E-state index contributed by atoms with van der Waals surface area (Å²) in [6.45, 7) is 14.9. The maximum atomic E-state index is 12.9. The second-order valence-electron chi connectivity index (χ2n) is 14.1. The van der Waals surface area contributed by atoms with E-state index in [-0.39, 0.29) is 40.4 Å². The van der Waals surface area contributed by atoms with Gasteiger partial charge in [-0.05, 0) is 80.6 Å². The number of carboxylic acid groups (broad SMARTS) is 1. The van der Waals surface area contributed by atoms with Gasteiger partial charge in [-0.2, -0.15) is 0 Å². The van der Waals surface area contributed by atoms with E-state index in [1.807, 2.05) is 26.8 Å². The fourth-order valence-corrected chi connectivity index (χ4v) is 10.00. The molecule has 0 saturated heterocycles. The summed E-state index contributed by atoms with van der Waals surface area (Å²) in [6.07, 6.45) is 3.10. The number of ketones is 1. The summed E-state index contributed by atoms with van der Waals surface area (Å²) in [6, 6.07) is 0. The summed E-state index contributed by atoms with van der Waals surface area (Å²) >= 11 is 0. The zero-order valence-corrected chi connectivity index (χ0v) is 25.9. The van der Waals surface area contributed by atoms with Gasteiger partial charge in [0, 0.05) is 43.1 Å². The van der Waals surface area contributed by atoms with E-state index in [4.69, 9.17) is 9.47 Å². The molecule has 0 unspecified atom stereocenters. The molecule has 4 aliphatic rings. The monoisotopic (exact) mass is 572 g/mol. The quantitative estimate of drug-likeness (QED) is 0.246. The van der Waals surface area contributed by atoms with Crippen LogP contribution in [-0.2, 0) is 28.7 Å². The van der Waals surface area contributed by atoms with Crippen LogP contribution in [0.4, 0.5) is 0 Å². The maximum absolute atomic E-state index is 12.9. The molecule has 10 atom stereocenters. The molecule has 0 bridgehead atoms. The van der Waals surface area contributed by atoms with E-state index in [1.165, 1.54) is 13.8 Å². The van der Waals surface area contributed by atoms with Crippen molar-refractivity contribution < 1.29 is 38.9 Å². The number of allylic oxidation sites excluding steroid dienone is 2. The third kappa shape index (κ3) is 4.88. The molecule has 8 heteroatoms. The van der Waals surface area contributed by atoms with E-state index in [0.717, 1.165) is 12.0 Å². The summed E-state index contributed by atoms with van der Waals surface area (Å²) in [5, 5.41) is 22.4. The topological polar surface area (TPSA) is 127 Å². The van der Waals surface area contributed by atoms with Gasteiger partial charge in [0.15, 0.2) is 0 Å². The molecule has 0 amide bonds. The molecule has 4 fully saturated rings. The number of hydrogen-bond acceptors (Lipinski definition) is 7. The molecule has 0 spiro atoms. The molecular formula is C33H48O8. The molecule has 4 saturated carbocycles. The predicted molar refractivity (Wildman–Crippen MR) is 152 cm³/mol. The van der Waals surface area contributed by atoms with Crippen molar-refractivity contribution in [1.82, 2.24) is 0 Å². The smallest absolute Gasteiger partial charge is 0.331 e. The zero-order chi connectivity index (χ0) is 30.7. The van der Waals surface area contributed by atoms with Crippen LogP contribution in [0, 0.1) is 39.9 Å². The van der Waals surface area contributed by atoms with Gasteiger partial charge in [-0.15, -0.1) is 0 Å². The number of hydrogen-bond donors (Lipinski definition) is 2. The van der Waals surface area contributed by atoms with Gasteiger partial charge in [-0.25, -0.2) is 4.79 Å². The number of aliphatic carboxylic acids is 1. The lowest BCUT2D eigenvalue weighted by molar-refractivity contribution is -0.279. The van der Waals surface area contributed by atoms with Crippen molar-refractivity contribution in [2.75, 3.05) is 0 Å². The van der Waals surface area contributed by atoms with Crippen molar-refractivity contribution in [1.29, 1.82) is 0 Å². The first kappa shape index (κ1) is 31.5. The van der Waals surface area contributed by atoms with E-state index < -0.39 is 47.0 Å². The first-order valence-corrected chi connectivity index (χ1v) is 15.2. The minimum atomic E-state index is -1.06. The Kier molecular flexibility index (Phi) is 8.42. The average molecular weight is 573 g/mol. The average Bonchev–Trinajstić information content (AvgIpc) is 3.13. The molecule has 4 aliphatic carbocycles. The van der Waals surface area contributed by atoms with Crippen LogP contribution in [-0.4, -0.2) is 52.2 Å². The van der Waals surface area contributed by atoms with Crippen molar-refractivity contribution in [3.8, 4) is 0 Å². The highest BCUT2D eigenvalue weighted by Gasteiger charge is 2.74. The predicted octanol–water partition coefficient (Wildman–Crippen LogP) is 5.42. The number of aliphatic hydroxyl groups excluding tert-OH is 1. The van der Waals surface area contributed by atoms with Crippen LogP contribution in [0.3, 0.4) is 0 Å². The highest BCUT2D eigenvalue weighted by molar-refractivity contribution is 5.88. The lowest BCUT2D eigenvalue weighted by atomic mass is 9.35. The Hall–Kier alpha value is -2.48. The van der Waals surface area contributed by atoms with Crippen LogP contribution in [0.15, 0.2) is 22.8 Å². The molecule has 0 aromatic carbocycles. The minimum Gasteiger partial charge on any atom is -0.478 e. The largest absolute Gasteiger partial charge is 0.478 e. The number of ether oxygens (including phenoxy) is 2. The highest BCUT2D eigenvalue weighted by atomic mass is 16.6. The van der Waals surface area contributed by atoms with E-state index >= 15 is 0 Å². The molecule has 2 N–H and O–H groups in total. The number of aliphatic hydroxyl groups is 1. The lowest BCUT2D eigenvalue weighted by Gasteiger charge is -2.70. The highest BCUT2D eigenvalue weighted by Crippen LogP contribution is 2.74. The van der Waals surface area contributed by atoms with Gasteiger partial charge in [0.2, 0.25) is 0 Å². The van der Waals surface area contributed by atoms with Crippen LogP contribution >= 0.6 is 0 Å². The number of esters is 2. The maximum Gasteiger partial charge on any atom is 0.331 e. The Labute approximate surface area is 243 Å². The number of Topliss-reactive ketones (excluding diaryl/α,β-unsaturated/α-hetero) is 1. The Morgan fingerprint density at radius 2 is 1.66 bits per heavy atom. The molecule has 228 valence electrons. The molecule has 8 nitrogen and oxygen atoms in total. The number of carbonyl (C=O) groups excluding carboxylic acids is 3. The Bertz CT molecular complexity index is 1180. The Morgan fingerprint density at radius 3 is 2.22 bits per heavy atom. The van der Waals surface area contributed by atoms with Gasteiger partial charge in [0.25, 0.3) is 0 Å². The first-order valence-electron chi connectivity index (χ1n) is 15.2. The van der Waals surface area contributed by atoms with Crippen LogP contribution < -0.4 is 0 Å². The molecule has 41 heavy (non-hydrogen) atoms. The molecule has 0 aliphatic heterocycles. The van der Waals surface area contributed by atoms with Crippen molar-refractivity contribution in [2.24, 2.45) is 39.9 Å². The molecule has 4 rings (SSSR count). The van der Waals surface area contributed by atoms with E-state index in [9.17, 15) is 29.4 Å². The van der Waals surface area contributed by atoms with Crippen molar-refractivity contribution in [2.45, 2.75) is 119 Å². The second-order valence-corrected chi connectivity index (χ2v) is 14.1. The summed E-state index contributed by atoms with van der Waals surface area (Å²) in [5.41, 5.74) is 0.245. The number of carbonyl (C=O) groups is 4. The van der Waals surface area contributed by atoms with Gasteiger partial charge in [0.1, 0.15) is 18.0 Å². The summed E-state index contributed by atoms with van der Waals surface area (Å²) in [5.74, 6) is -2.82. The SMILES string of the molecule is CC(=O)O[C@H]1C[C@@]2(C)[C@@H](CC[C@H]3[C@@]4(C)CCC(=O)[C@@H](C)[C@@H]4[C@@H](O)[C@H](OC(C)=O)[C@@]32C)/C1=C(\CCC=C(C)C)C(=O)O. The third-order valence-electron chi connectivity index (χ3n) is 11.7. The normalized spacial score (nSPS) is 42.8. The second kappa shape index (κ2) is 11.0. The molecule has 0 aromatic rings. The minimum absolute atomic E-state index is 0.000769. The third-order valence-corrected chi connectivity index (χ3v) is 11.7. The van der Waals surface area contributed by atoms with Crippen molar-refractivity contribution in [3.63, 3.8) is 0 Å². The van der Waals surface area contributed by atoms with Crippen molar-refractivity contribution in [3.05, 3.63) is 22.8 Å². The van der Waals surface area contributed by atoms with Crippen LogP contribution in [0.25, 0.3) is 0 Å². The lowest BCUT2D eigenvalue weighted by Crippen LogP contribution is -2.72. The van der Waals surface area contributed by atoms with Gasteiger partial charge in [-0.3, -0.25) is 14.4 Å². The fourth-order valence-electron chi connectivity index (χ4n) is 10.00. The first-order chi connectivity index (χ1) is 19.0. The molecule has 0 radical (unpaired) electrons. The van der Waals surface area contributed by atoms with Crippen LogP contribution in [0.5, 0.6) is 0 Å². The molecular weight excluding hydrogens is 524 g/mol. The number of rotatable bonds is 6. The van der Waals surface area contributed by atoms with Crippen LogP contribution in [0.2, 0.25) is 0 Å². The van der Waals surface area contributed by atoms with Gasteiger partial charge in [-0.1, -0.05) is 39.3 Å². The number of carboxylic acids is 1. The summed E-state index contributed by atoms with van der Waals surface area (Å²) in [7, 11) is 0. The molecule has 0 heterocycles.